The van der Waals surface area contributed by atoms with E-state index in [1.54, 1.807) is 12.1 Å². The topological polar surface area (TPSA) is 74.0 Å². The molecular formula is C18H16FN3O2. The average Bonchev–Trinajstić information content (AvgIpc) is 2.97. The molecule has 2 amide bonds. The van der Waals surface area contributed by atoms with E-state index in [2.05, 4.69) is 15.8 Å². The summed E-state index contributed by atoms with van der Waals surface area (Å²) in [5.74, 6) is -1.88. The summed E-state index contributed by atoms with van der Waals surface area (Å²) >= 11 is 0. The van der Waals surface area contributed by atoms with Gasteiger partial charge in [0, 0.05) is 10.9 Å². The van der Waals surface area contributed by atoms with Crippen molar-refractivity contribution in [2.75, 3.05) is 0 Å². The van der Waals surface area contributed by atoms with E-state index in [-0.39, 0.29) is 5.56 Å². The first kappa shape index (κ1) is 15.7. The van der Waals surface area contributed by atoms with Crippen molar-refractivity contribution in [2.24, 2.45) is 0 Å². The van der Waals surface area contributed by atoms with Gasteiger partial charge in [-0.05, 0) is 49.2 Å². The van der Waals surface area contributed by atoms with Crippen molar-refractivity contribution in [1.82, 2.24) is 15.8 Å². The molecule has 0 saturated carbocycles. The van der Waals surface area contributed by atoms with Gasteiger partial charge in [0.05, 0.1) is 5.56 Å². The highest BCUT2D eigenvalue weighted by molar-refractivity contribution is 6.01. The van der Waals surface area contributed by atoms with Gasteiger partial charge in [-0.15, -0.1) is 0 Å². The minimum absolute atomic E-state index is 0.138. The van der Waals surface area contributed by atoms with Gasteiger partial charge in [-0.1, -0.05) is 18.2 Å². The molecule has 0 fully saturated rings. The minimum atomic E-state index is -0.718. The van der Waals surface area contributed by atoms with Gasteiger partial charge in [-0.25, -0.2) is 4.39 Å². The molecule has 0 atom stereocenters. The minimum Gasteiger partial charge on any atom is -0.350 e. The van der Waals surface area contributed by atoms with Gasteiger partial charge in [-0.3, -0.25) is 20.4 Å². The average molecular weight is 325 g/mol. The summed E-state index contributed by atoms with van der Waals surface area (Å²) in [5, 5.41) is 0.936. The third kappa shape index (κ3) is 2.99. The van der Waals surface area contributed by atoms with Gasteiger partial charge in [0.25, 0.3) is 11.8 Å². The largest absolute Gasteiger partial charge is 0.350 e. The molecule has 0 bridgehead atoms. The van der Waals surface area contributed by atoms with Gasteiger partial charge < -0.3 is 4.98 Å². The fraction of sp³-hybridized carbons (Fsp3) is 0.111. The molecule has 0 unspecified atom stereocenters. The SMILES string of the molecule is Cc1cc(C)c2cc(C(=O)NNC(=O)c3ccccc3F)[nH]c2c1. The van der Waals surface area contributed by atoms with Crippen molar-refractivity contribution < 1.29 is 14.0 Å². The number of halogens is 1. The van der Waals surface area contributed by atoms with Crippen LogP contribution in [0.15, 0.2) is 42.5 Å². The maximum atomic E-state index is 13.5. The van der Waals surface area contributed by atoms with E-state index in [0.717, 1.165) is 22.0 Å². The van der Waals surface area contributed by atoms with Crippen molar-refractivity contribution >= 4 is 22.7 Å². The molecule has 6 heteroatoms. The second-order valence-electron chi connectivity index (χ2n) is 5.61. The van der Waals surface area contributed by atoms with Gasteiger partial charge in [0.2, 0.25) is 0 Å². The van der Waals surface area contributed by atoms with Crippen LogP contribution >= 0.6 is 0 Å². The monoisotopic (exact) mass is 325 g/mol. The van der Waals surface area contributed by atoms with Crippen molar-refractivity contribution in [3.05, 3.63) is 70.7 Å². The summed E-state index contributed by atoms with van der Waals surface area (Å²) in [6.45, 7) is 3.94. The van der Waals surface area contributed by atoms with Gasteiger partial charge in [-0.2, -0.15) is 0 Å². The van der Waals surface area contributed by atoms with Crippen LogP contribution in [0.1, 0.15) is 32.0 Å². The normalized spacial score (nSPS) is 10.6. The van der Waals surface area contributed by atoms with Gasteiger partial charge >= 0.3 is 0 Å². The number of rotatable bonds is 2. The summed E-state index contributed by atoms with van der Waals surface area (Å²) in [4.78, 5) is 27.1. The van der Waals surface area contributed by atoms with Crippen molar-refractivity contribution in [3.63, 3.8) is 0 Å². The van der Waals surface area contributed by atoms with E-state index in [0.29, 0.717) is 5.69 Å². The van der Waals surface area contributed by atoms with E-state index in [9.17, 15) is 14.0 Å². The zero-order valence-electron chi connectivity index (χ0n) is 13.2. The van der Waals surface area contributed by atoms with Crippen LogP contribution in [0.5, 0.6) is 0 Å². The summed E-state index contributed by atoms with van der Waals surface area (Å²) in [5.41, 5.74) is 7.65. The van der Waals surface area contributed by atoms with Crippen molar-refractivity contribution in [2.45, 2.75) is 13.8 Å². The summed E-state index contributed by atoms with van der Waals surface area (Å²) in [6.07, 6.45) is 0. The Morgan fingerprint density at radius 1 is 1.00 bits per heavy atom. The van der Waals surface area contributed by atoms with E-state index in [1.165, 1.54) is 18.2 Å². The maximum absolute atomic E-state index is 13.5. The Labute approximate surface area is 137 Å². The first-order valence-corrected chi connectivity index (χ1v) is 7.41. The highest BCUT2D eigenvalue weighted by Crippen LogP contribution is 2.21. The zero-order chi connectivity index (χ0) is 17.3. The Kier molecular flexibility index (Phi) is 4.04. The van der Waals surface area contributed by atoms with Crippen molar-refractivity contribution in [1.29, 1.82) is 0 Å². The fourth-order valence-corrected chi connectivity index (χ4v) is 2.62. The number of hydrogen-bond donors (Lipinski definition) is 3. The third-order valence-electron chi connectivity index (χ3n) is 3.74. The molecule has 1 aromatic heterocycles. The second-order valence-corrected chi connectivity index (χ2v) is 5.61. The molecule has 122 valence electrons. The smallest absolute Gasteiger partial charge is 0.286 e. The molecule has 1 heterocycles. The van der Waals surface area contributed by atoms with Crippen LogP contribution in [-0.4, -0.2) is 16.8 Å². The molecule has 3 N–H and O–H groups in total. The number of amides is 2. The first-order chi connectivity index (χ1) is 11.5. The molecule has 2 aromatic carbocycles. The van der Waals surface area contributed by atoms with Gasteiger partial charge in [0.1, 0.15) is 11.5 Å². The Bertz CT molecular complexity index is 947. The van der Waals surface area contributed by atoms with Crippen LogP contribution in [0.2, 0.25) is 0 Å². The predicted octanol–water partition coefficient (Wildman–Crippen LogP) is 3.00. The summed E-state index contributed by atoms with van der Waals surface area (Å²) in [6, 6.07) is 11.2. The number of hydrogen-bond acceptors (Lipinski definition) is 2. The quantitative estimate of drug-likeness (QED) is 0.634. The lowest BCUT2D eigenvalue weighted by Gasteiger charge is -2.06. The molecule has 24 heavy (non-hydrogen) atoms. The zero-order valence-corrected chi connectivity index (χ0v) is 13.2. The molecule has 0 aliphatic rings. The second kappa shape index (κ2) is 6.16. The Morgan fingerprint density at radius 2 is 1.71 bits per heavy atom. The van der Waals surface area contributed by atoms with Crippen LogP contribution in [-0.2, 0) is 0 Å². The Morgan fingerprint density at radius 3 is 2.46 bits per heavy atom. The van der Waals surface area contributed by atoms with Crippen molar-refractivity contribution in [3.8, 4) is 0 Å². The molecule has 0 spiro atoms. The fourth-order valence-electron chi connectivity index (χ4n) is 2.62. The van der Waals surface area contributed by atoms with E-state index < -0.39 is 17.6 Å². The molecule has 0 aliphatic heterocycles. The molecule has 3 rings (SSSR count). The molecule has 0 radical (unpaired) electrons. The lowest BCUT2D eigenvalue weighted by molar-refractivity contribution is 0.0842. The van der Waals surface area contributed by atoms with Crippen LogP contribution < -0.4 is 10.9 Å². The number of H-pyrrole nitrogens is 1. The van der Waals surface area contributed by atoms with E-state index >= 15 is 0 Å². The summed E-state index contributed by atoms with van der Waals surface area (Å²) < 4.78 is 13.5. The highest BCUT2D eigenvalue weighted by atomic mass is 19.1. The number of carbonyl (C=O) groups excluding carboxylic acids is 2. The number of hydrazine groups is 1. The first-order valence-electron chi connectivity index (χ1n) is 7.41. The number of aryl methyl sites for hydroxylation is 2. The highest BCUT2D eigenvalue weighted by Gasteiger charge is 2.14. The predicted molar refractivity (Wildman–Crippen MR) is 89.1 cm³/mol. The number of aromatic nitrogens is 1. The van der Waals surface area contributed by atoms with Crippen LogP contribution in [0.3, 0.4) is 0 Å². The van der Waals surface area contributed by atoms with Gasteiger partial charge in [0.15, 0.2) is 0 Å². The van der Waals surface area contributed by atoms with E-state index in [4.69, 9.17) is 0 Å². The molecular weight excluding hydrogens is 309 g/mol. The number of aromatic amines is 1. The molecule has 0 aliphatic carbocycles. The number of benzene rings is 2. The Hall–Kier alpha value is -3.15. The van der Waals surface area contributed by atoms with Crippen LogP contribution in [0.4, 0.5) is 4.39 Å². The maximum Gasteiger partial charge on any atom is 0.286 e. The van der Waals surface area contributed by atoms with E-state index in [1.807, 2.05) is 26.0 Å². The van der Waals surface area contributed by atoms with Crippen LogP contribution in [0.25, 0.3) is 10.9 Å². The van der Waals surface area contributed by atoms with Crippen LogP contribution in [0, 0.1) is 19.7 Å². The lowest BCUT2D eigenvalue weighted by atomic mass is 10.1. The number of carbonyl (C=O) groups is 2. The number of nitrogens with one attached hydrogen (secondary N) is 3. The molecule has 3 aromatic rings. The molecule has 5 nitrogen and oxygen atoms in total. The lowest BCUT2D eigenvalue weighted by Crippen LogP contribution is -2.42. The summed E-state index contributed by atoms with van der Waals surface area (Å²) in [7, 11) is 0. The molecule has 0 saturated heterocycles. The third-order valence-corrected chi connectivity index (χ3v) is 3.74. The number of fused-ring (bicyclic) bond motifs is 1. The standard InChI is InChI=1S/C18H16FN3O2/c1-10-7-11(2)13-9-16(20-15(13)8-10)18(24)22-21-17(23)12-5-3-4-6-14(12)19/h3-9,20H,1-2H3,(H,21,23)(H,22,24). The Balaban J connectivity index is 1.75.